The van der Waals surface area contributed by atoms with E-state index in [2.05, 4.69) is 27.3 Å². The van der Waals surface area contributed by atoms with Gasteiger partial charge >= 0.3 is 0 Å². The Balaban J connectivity index is 1.96. The standard InChI is InChI=1S/C12H14BrNO/c1-8(13)7-14-12(15)11-6-9-4-2-3-5-10(9)11/h2-5,8,11H,6-7H2,1H3,(H,14,15). The van der Waals surface area contributed by atoms with Crippen LogP contribution in [-0.2, 0) is 11.2 Å². The van der Waals surface area contributed by atoms with E-state index in [1.165, 1.54) is 11.1 Å². The third kappa shape index (κ3) is 2.23. The van der Waals surface area contributed by atoms with Gasteiger partial charge in [0.1, 0.15) is 0 Å². The number of alkyl halides is 1. The minimum absolute atomic E-state index is 0.0763. The monoisotopic (exact) mass is 267 g/mol. The molecule has 1 aromatic carbocycles. The quantitative estimate of drug-likeness (QED) is 0.837. The van der Waals surface area contributed by atoms with E-state index in [4.69, 9.17) is 0 Å². The molecule has 2 rings (SSSR count). The summed E-state index contributed by atoms with van der Waals surface area (Å²) in [5.74, 6) is 0.229. The first-order chi connectivity index (χ1) is 7.18. The number of hydrogen-bond acceptors (Lipinski definition) is 1. The zero-order valence-electron chi connectivity index (χ0n) is 8.66. The lowest BCUT2D eigenvalue weighted by Crippen LogP contribution is -2.37. The zero-order valence-corrected chi connectivity index (χ0v) is 10.3. The fourth-order valence-corrected chi connectivity index (χ4v) is 2.02. The van der Waals surface area contributed by atoms with Gasteiger partial charge in [-0.15, -0.1) is 0 Å². The molecule has 2 nitrogen and oxygen atoms in total. The summed E-state index contributed by atoms with van der Waals surface area (Å²) in [6.07, 6.45) is 0.888. The average Bonchev–Trinajstić information content (AvgIpc) is 2.17. The van der Waals surface area contributed by atoms with Gasteiger partial charge in [-0.3, -0.25) is 4.79 Å². The molecule has 0 aliphatic heterocycles. The molecule has 15 heavy (non-hydrogen) atoms. The maximum atomic E-state index is 11.8. The minimum Gasteiger partial charge on any atom is -0.354 e. The Bertz CT molecular complexity index is 376. The van der Waals surface area contributed by atoms with Crippen LogP contribution in [0.5, 0.6) is 0 Å². The summed E-state index contributed by atoms with van der Waals surface area (Å²) in [7, 11) is 0. The topological polar surface area (TPSA) is 29.1 Å². The number of carbonyl (C=O) groups excluding carboxylic acids is 1. The van der Waals surface area contributed by atoms with Crippen LogP contribution in [0, 0.1) is 0 Å². The first kappa shape index (κ1) is 10.7. The third-order valence-corrected chi connectivity index (χ3v) is 3.05. The number of benzene rings is 1. The van der Waals surface area contributed by atoms with Crippen molar-refractivity contribution in [1.29, 1.82) is 0 Å². The van der Waals surface area contributed by atoms with Crippen molar-refractivity contribution in [2.45, 2.75) is 24.1 Å². The van der Waals surface area contributed by atoms with E-state index >= 15 is 0 Å². The molecule has 0 radical (unpaired) electrons. The fraction of sp³-hybridized carbons (Fsp3) is 0.417. The van der Waals surface area contributed by atoms with Gasteiger partial charge in [-0.05, 0) is 17.5 Å². The van der Waals surface area contributed by atoms with Crippen LogP contribution in [0.3, 0.4) is 0 Å². The Morgan fingerprint density at radius 2 is 2.33 bits per heavy atom. The van der Waals surface area contributed by atoms with Crippen molar-refractivity contribution in [3.63, 3.8) is 0 Å². The van der Waals surface area contributed by atoms with E-state index in [0.717, 1.165) is 6.42 Å². The van der Waals surface area contributed by atoms with E-state index in [0.29, 0.717) is 11.4 Å². The molecule has 0 saturated carbocycles. The normalized spacial score (nSPS) is 20.0. The highest BCUT2D eigenvalue weighted by Gasteiger charge is 2.31. The summed E-state index contributed by atoms with van der Waals surface area (Å²) in [6.45, 7) is 2.71. The van der Waals surface area contributed by atoms with E-state index in [1.807, 2.05) is 25.1 Å². The summed E-state index contributed by atoms with van der Waals surface area (Å²) in [5, 5.41) is 2.94. The largest absolute Gasteiger partial charge is 0.354 e. The van der Waals surface area contributed by atoms with Crippen LogP contribution >= 0.6 is 15.9 Å². The highest BCUT2D eigenvalue weighted by molar-refractivity contribution is 9.09. The second kappa shape index (κ2) is 4.35. The molecule has 80 valence electrons. The van der Waals surface area contributed by atoms with E-state index < -0.39 is 0 Å². The summed E-state index contributed by atoms with van der Waals surface area (Å²) in [5.41, 5.74) is 2.50. The second-order valence-corrected chi connectivity index (χ2v) is 5.54. The lowest BCUT2D eigenvalue weighted by Gasteiger charge is -2.29. The molecule has 3 heteroatoms. The predicted molar refractivity (Wildman–Crippen MR) is 64.3 cm³/mol. The van der Waals surface area contributed by atoms with Crippen molar-refractivity contribution in [2.75, 3.05) is 6.54 Å². The fourth-order valence-electron chi connectivity index (χ4n) is 1.86. The number of nitrogens with one attached hydrogen (secondary N) is 1. The molecule has 0 spiro atoms. The maximum Gasteiger partial charge on any atom is 0.227 e. The van der Waals surface area contributed by atoms with Gasteiger partial charge in [-0.1, -0.05) is 47.1 Å². The van der Waals surface area contributed by atoms with Gasteiger partial charge in [0.05, 0.1) is 5.92 Å². The van der Waals surface area contributed by atoms with Crippen molar-refractivity contribution in [1.82, 2.24) is 5.32 Å². The molecular formula is C12H14BrNO. The van der Waals surface area contributed by atoms with Gasteiger partial charge < -0.3 is 5.32 Å². The van der Waals surface area contributed by atoms with Gasteiger partial charge in [0.2, 0.25) is 5.91 Å². The minimum atomic E-state index is 0.0763. The molecule has 1 aliphatic rings. The van der Waals surface area contributed by atoms with Crippen LogP contribution < -0.4 is 5.32 Å². The molecule has 1 aromatic rings. The van der Waals surface area contributed by atoms with Crippen molar-refractivity contribution in [3.05, 3.63) is 35.4 Å². The number of hydrogen-bond donors (Lipinski definition) is 1. The summed E-state index contributed by atoms with van der Waals surface area (Å²) < 4.78 is 0. The number of rotatable bonds is 3. The van der Waals surface area contributed by atoms with Crippen molar-refractivity contribution in [2.24, 2.45) is 0 Å². The van der Waals surface area contributed by atoms with Crippen LogP contribution in [0.1, 0.15) is 24.0 Å². The Hall–Kier alpha value is -0.830. The average molecular weight is 268 g/mol. The van der Waals surface area contributed by atoms with Crippen molar-refractivity contribution >= 4 is 21.8 Å². The van der Waals surface area contributed by atoms with Crippen LogP contribution in [0.4, 0.5) is 0 Å². The molecule has 0 bridgehead atoms. The smallest absolute Gasteiger partial charge is 0.227 e. The number of halogens is 1. The van der Waals surface area contributed by atoms with E-state index in [9.17, 15) is 4.79 Å². The summed E-state index contributed by atoms with van der Waals surface area (Å²) >= 11 is 3.41. The molecular weight excluding hydrogens is 254 g/mol. The maximum absolute atomic E-state index is 11.8. The molecule has 2 atom stereocenters. The number of fused-ring (bicyclic) bond motifs is 1. The Morgan fingerprint density at radius 3 is 3.00 bits per heavy atom. The number of amides is 1. The van der Waals surface area contributed by atoms with Crippen LogP contribution in [0.15, 0.2) is 24.3 Å². The van der Waals surface area contributed by atoms with Gasteiger partial charge in [-0.25, -0.2) is 0 Å². The SMILES string of the molecule is CC(Br)CNC(=O)C1Cc2ccccc21. The Kier molecular flexibility index (Phi) is 3.10. The van der Waals surface area contributed by atoms with Gasteiger partial charge in [-0.2, -0.15) is 0 Å². The van der Waals surface area contributed by atoms with Crippen LogP contribution in [0.2, 0.25) is 0 Å². The highest BCUT2D eigenvalue weighted by atomic mass is 79.9. The van der Waals surface area contributed by atoms with Gasteiger partial charge in [0.15, 0.2) is 0 Å². The first-order valence-corrected chi connectivity index (χ1v) is 6.09. The summed E-state index contributed by atoms with van der Waals surface area (Å²) in [6, 6.07) is 8.14. The van der Waals surface area contributed by atoms with E-state index in [-0.39, 0.29) is 11.8 Å². The van der Waals surface area contributed by atoms with E-state index in [1.54, 1.807) is 0 Å². The van der Waals surface area contributed by atoms with Crippen molar-refractivity contribution < 1.29 is 4.79 Å². The lowest BCUT2D eigenvalue weighted by atomic mass is 9.77. The molecule has 1 amide bonds. The van der Waals surface area contributed by atoms with Crippen LogP contribution in [0.25, 0.3) is 0 Å². The molecule has 1 N–H and O–H groups in total. The number of carbonyl (C=O) groups is 1. The second-order valence-electron chi connectivity index (χ2n) is 3.98. The van der Waals surface area contributed by atoms with Gasteiger partial charge in [0.25, 0.3) is 0 Å². The highest BCUT2D eigenvalue weighted by Crippen LogP contribution is 2.34. The Morgan fingerprint density at radius 1 is 1.60 bits per heavy atom. The van der Waals surface area contributed by atoms with Crippen LogP contribution in [-0.4, -0.2) is 17.3 Å². The molecule has 0 saturated heterocycles. The molecule has 1 aliphatic carbocycles. The zero-order chi connectivity index (χ0) is 10.8. The predicted octanol–water partition coefficient (Wildman–Crippen LogP) is 2.23. The molecule has 0 heterocycles. The third-order valence-electron chi connectivity index (χ3n) is 2.73. The summed E-state index contributed by atoms with van der Waals surface area (Å²) in [4.78, 5) is 12.1. The van der Waals surface area contributed by atoms with Gasteiger partial charge in [0, 0.05) is 11.4 Å². The van der Waals surface area contributed by atoms with Crippen molar-refractivity contribution in [3.8, 4) is 0 Å². The Labute approximate surface area is 98.2 Å². The molecule has 0 aromatic heterocycles. The lowest BCUT2D eigenvalue weighted by molar-refractivity contribution is -0.123. The first-order valence-electron chi connectivity index (χ1n) is 5.18. The molecule has 0 fully saturated rings. The molecule has 2 unspecified atom stereocenters.